The topological polar surface area (TPSA) is 77.2 Å². The van der Waals surface area contributed by atoms with E-state index in [4.69, 9.17) is 5.73 Å². The average molecular weight is 317 g/mol. The number of benzene rings is 1. The standard InChI is InChI=1S/C14H23NO3S2/c1-4-6-13(15)14(5-2)19(16)11-7-9-12(10-8-11)20(3,17)18/h7-10,13-14H,4-6,15H2,1-3H3. The van der Waals surface area contributed by atoms with Crippen molar-refractivity contribution < 1.29 is 12.6 Å². The van der Waals surface area contributed by atoms with Gasteiger partial charge in [0.1, 0.15) is 0 Å². The highest BCUT2D eigenvalue weighted by Gasteiger charge is 2.23. The summed E-state index contributed by atoms with van der Waals surface area (Å²) < 4.78 is 35.3. The SMILES string of the molecule is CCCC(N)C(CC)S(=O)c1ccc(S(C)(=O)=O)cc1. The lowest BCUT2D eigenvalue weighted by Crippen LogP contribution is -2.37. The fourth-order valence-electron chi connectivity index (χ4n) is 2.13. The molecular weight excluding hydrogens is 294 g/mol. The van der Waals surface area contributed by atoms with Gasteiger partial charge in [-0.25, -0.2) is 8.42 Å². The van der Waals surface area contributed by atoms with E-state index in [1.54, 1.807) is 12.1 Å². The Morgan fingerprint density at radius 3 is 2.15 bits per heavy atom. The van der Waals surface area contributed by atoms with Crippen LogP contribution in [0.1, 0.15) is 33.1 Å². The van der Waals surface area contributed by atoms with Crippen LogP contribution in [0.25, 0.3) is 0 Å². The molecule has 1 aromatic rings. The molecule has 0 saturated heterocycles. The summed E-state index contributed by atoms with van der Waals surface area (Å²) in [6, 6.07) is 6.14. The third kappa shape index (κ3) is 4.40. The van der Waals surface area contributed by atoms with E-state index in [0.717, 1.165) is 25.5 Å². The van der Waals surface area contributed by atoms with E-state index in [1.807, 2.05) is 6.92 Å². The maximum absolute atomic E-state index is 12.5. The van der Waals surface area contributed by atoms with Crippen LogP contribution in [-0.4, -0.2) is 30.2 Å². The third-order valence-corrected chi connectivity index (χ3v) is 6.36. The summed E-state index contributed by atoms with van der Waals surface area (Å²) in [6.45, 7) is 4.03. The molecule has 2 N–H and O–H groups in total. The van der Waals surface area contributed by atoms with Gasteiger partial charge in [-0.3, -0.25) is 4.21 Å². The predicted molar refractivity (Wildman–Crippen MR) is 82.9 cm³/mol. The van der Waals surface area contributed by atoms with Gasteiger partial charge in [0.2, 0.25) is 0 Å². The molecule has 4 nitrogen and oxygen atoms in total. The first-order chi connectivity index (χ1) is 9.31. The molecule has 3 unspecified atom stereocenters. The van der Waals surface area contributed by atoms with Crippen LogP contribution in [0, 0.1) is 0 Å². The maximum atomic E-state index is 12.5. The van der Waals surface area contributed by atoms with Crippen LogP contribution >= 0.6 is 0 Å². The molecule has 0 aliphatic heterocycles. The largest absolute Gasteiger partial charge is 0.327 e. The van der Waals surface area contributed by atoms with Crippen LogP contribution in [0.5, 0.6) is 0 Å². The normalized spacial score (nSPS) is 16.6. The smallest absolute Gasteiger partial charge is 0.175 e. The molecule has 0 saturated carbocycles. The third-order valence-electron chi connectivity index (χ3n) is 3.26. The monoisotopic (exact) mass is 317 g/mol. The van der Waals surface area contributed by atoms with E-state index in [1.165, 1.54) is 12.1 Å². The molecule has 20 heavy (non-hydrogen) atoms. The molecule has 6 heteroatoms. The molecule has 0 amide bonds. The molecule has 1 aromatic carbocycles. The summed E-state index contributed by atoms with van der Waals surface area (Å²) in [5, 5.41) is -0.0981. The molecule has 1 rings (SSSR count). The Bertz CT molecular complexity index is 552. The van der Waals surface area contributed by atoms with Crippen molar-refractivity contribution in [2.24, 2.45) is 5.73 Å². The average Bonchev–Trinajstić information content (AvgIpc) is 2.39. The van der Waals surface area contributed by atoms with Crippen LogP contribution in [0.3, 0.4) is 0 Å². The van der Waals surface area contributed by atoms with Crippen molar-refractivity contribution in [2.75, 3.05) is 6.26 Å². The second-order valence-electron chi connectivity index (χ2n) is 4.94. The van der Waals surface area contributed by atoms with Gasteiger partial charge >= 0.3 is 0 Å². The summed E-state index contributed by atoms with van der Waals surface area (Å²) in [5.74, 6) is 0. The molecule has 0 fully saturated rings. The van der Waals surface area contributed by atoms with E-state index < -0.39 is 20.6 Å². The predicted octanol–water partition coefficient (Wildman–Crippen LogP) is 2.10. The van der Waals surface area contributed by atoms with Crippen LogP contribution < -0.4 is 5.73 Å². The Morgan fingerprint density at radius 1 is 1.20 bits per heavy atom. The van der Waals surface area contributed by atoms with Crippen LogP contribution in [0.2, 0.25) is 0 Å². The zero-order valence-electron chi connectivity index (χ0n) is 12.2. The van der Waals surface area contributed by atoms with E-state index in [0.29, 0.717) is 4.90 Å². The first kappa shape index (κ1) is 17.3. The highest BCUT2D eigenvalue weighted by atomic mass is 32.2. The molecule has 0 aliphatic rings. The van der Waals surface area contributed by atoms with Crippen molar-refractivity contribution in [1.82, 2.24) is 0 Å². The Balaban J connectivity index is 2.96. The van der Waals surface area contributed by atoms with Crippen molar-refractivity contribution in [3.63, 3.8) is 0 Å². The summed E-state index contributed by atoms with van der Waals surface area (Å²) >= 11 is 0. The Kier molecular flexibility index (Phi) is 6.36. The number of nitrogens with two attached hydrogens (primary N) is 1. The van der Waals surface area contributed by atoms with Gasteiger partial charge in [-0.15, -0.1) is 0 Å². The Labute approximate surface area is 124 Å². The minimum atomic E-state index is -3.22. The summed E-state index contributed by atoms with van der Waals surface area (Å²) in [4.78, 5) is 0.875. The Hall–Kier alpha value is -0.720. The number of hydrogen-bond donors (Lipinski definition) is 1. The second-order valence-corrected chi connectivity index (χ2v) is 8.63. The van der Waals surface area contributed by atoms with Gasteiger partial charge in [0.15, 0.2) is 9.84 Å². The zero-order valence-corrected chi connectivity index (χ0v) is 13.8. The van der Waals surface area contributed by atoms with Crippen LogP contribution in [0.4, 0.5) is 0 Å². The molecule has 114 valence electrons. The van der Waals surface area contributed by atoms with E-state index in [-0.39, 0.29) is 16.2 Å². The van der Waals surface area contributed by atoms with E-state index in [2.05, 4.69) is 6.92 Å². The lowest BCUT2D eigenvalue weighted by molar-refractivity contribution is 0.550. The number of rotatable bonds is 7. The van der Waals surface area contributed by atoms with Crippen molar-refractivity contribution >= 4 is 20.6 Å². The van der Waals surface area contributed by atoms with Gasteiger partial charge in [-0.05, 0) is 37.1 Å². The van der Waals surface area contributed by atoms with E-state index >= 15 is 0 Å². The van der Waals surface area contributed by atoms with Gasteiger partial charge in [-0.1, -0.05) is 20.3 Å². The molecule has 0 bridgehead atoms. The van der Waals surface area contributed by atoms with Gasteiger partial charge < -0.3 is 5.73 Å². The van der Waals surface area contributed by atoms with E-state index in [9.17, 15) is 12.6 Å². The molecule has 0 aliphatic carbocycles. The van der Waals surface area contributed by atoms with Crippen molar-refractivity contribution in [2.45, 2.75) is 54.2 Å². The van der Waals surface area contributed by atoms with Crippen LogP contribution in [-0.2, 0) is 20.6 Å². The number of sulfone groups is 1. The van der Waals surface area contributed by atoms with Gasteiger partial charge in [0.25, 0.3) is 0 Å². The molecule has 0 aromatic heterocycles. The Morgan fingerprint density at radius 2 is 1.75 bits per heavy atom. The summed E-state index contributed by atoms with van der Waals surface area (Å²) in [6.07, 6.45) is 3.69. The molecule has 0 radical (unpaired) electrons. The lowest BCUT2D eigenvalue weighted by Gasteiger charge is -2.21. The van der Waals surface area contributed by atoms with Crippen LogP contribution in [0.15, 0.2) is 34.1 Å². The molecular formula is C14H23NO3S2. The summed E-state index contributed by atoms with van der Waals surface area (Å²) in [7, 11) is -4.43. The van der Waals surface area contributed by atoms with Crippen molar-refractivity contribution in [3.8, 4) is 0 Å². The highest BCUT2D eigenvalue weighted by Crippen LogP contribution is 2.20. The number of hydrogen-bond acceptors (Lipinski definition) is 4. The highest BCUT2D eigenvalue weighted by molar-refractivity contribution is 7.90. The van der Waals surface area contributed by atoms with Crippen molar-refractivity contribution in [3.05, 3.63) is 24.3 Å². The first-order valence-corrected chi connectivity index (χ1v) is 9.88. The maximum Gasteiger partial charge on any atom is 0.175 e. The first-order valence-electron chi connectivity index (χ1n) is 6.77. The fraction of sp³-hybridized carbons (Fsp3) is 0.571. The summed E-state index contributed by atoms with van der Waals surface area (Å²) in [5.41, 5.74) is 6.09. The van der Waals surface area contributed by atoms with Gasteiger partial charge in [0.05, 0.1) is 20.9 Å². The minimum absolute atomic E-state index is 0.0968. The second kappa shape index (κ2) is 7.33. The lowest BCUT2D eigenvalue weighted by atomic mass is 10.1. The van der Waals surface area contributed by atoms with Crippen molar-refractivity contribution in [1.29, 1.82) is 0 Å². The minimum Gasteiger partial charge on any atom is -0.327 e. The molecule has 3 atom stereocenters. The molecule has 0 heterocycles. The fourth-order valence-corrected chi connectivity index (χ4v) is 4.27. The van der Waals surface area contributed by atoms with Gasteiger partial charge in [-0.2, -0.15) is 0 Å². The van der Waals surface area contributed by atoms with Gasteiger partial charge in [0, 0.05) is 17.2 Å². The quantitative estimate of drug-likeness (QED) is 0.835. The molecule has 0 spiro atoms. The zero-order chi connectivity index (χ0) is 15.3.